The van der Waals surface area contributed by atoms with Gasteiger partial charge in [0.05, 0.1) is 27.6 Å². The molecule has 0 spiro atoms. The Labute approximate surface area is 217 Å². The first kappa shape index (κ1) is 25.9. The van der Waals surface area contributed by atoms with Crippen LogP contribution in [0.2, 0.25) is 0 Å². The van der Waals surface area contributed by atoms with E-state index in [0.29, 0.717) is 23.2 Å². The summed E-state index contributed by atoms with van der Waals surface area (Å²) in [5.41, 5.74) is 7.00. The van der Waals surface area contributed by atoms with Crippen molar-refractivity contribution in [2.75, 3.05) is 26.6 Å². The molecular formula is C31H33NO5. The molecule has 6 heteroatoms. The fourth-order valence-corrected chi connectivity index (χ4v) is 4.50. The number of allylic oxidation sites excluding steroid dienone is 1. The summed E-state index contributed by atoms with van der Waals surface area (Å²) < 4.78 is 22.6. The van der Waals surface area contributed by atoms with Gasteiger partial charge in [-0.05, 0) is 66.8 Å². The zero-order chi connectivity index (χ0) is 26.7. The maximum absolute atomic E-state index is 12.9. The zero-order valence-corrected chi connectivity index (χ0v) is 22.4. The molecule has 0 fully saturated rings. The monoisotopic (exact) mass is 499 g/mol. The molecule has 0 saturated heterocycles. The van der Waals surface area contributed by atoms with E-state index in [1.807, 2.05) is 62.4 Å². The number of nitrogens with one attached hydrogen (secondary N) is 1. The second-order valence-corrected chi connectivity index (χ2v) is 9.27. The van der Waals surface area contributed by atoms with E-state index in [0.717, 1.165) is 44.5 Å². The lowest BCUT2D eigenvalue weighted by Crippen LogP contribution is -2.09. The van der Waals surface area contributed by atoms with Crippen molar-refractivity contribution in [2.24, 2.45) is 0 Å². The Bertz CT molecular complexity index is 1460. The third kappa shape index (κ3) is 5.19. The highest BCUT2D eigenvalue weighted by molar-refractivity contribution is 6.06. The van der Waals surface area contributed by atoms with Crippen molar-refractivity contribution in [1.29, 1.82) is 0 Å². The minimum atomic E-state index is -0.207. The van der Waals surface area contributed by atoms with Crippen molar-refractivity contribution in [1.82, 2.24) is 0 Å². The van der Waals surface area contributed by atoms with Crippen molar-refractivity contribution in [3.8, 4) is 28.4 Å². The number of methoxy groups -OCH3 is 3. The molecule has 4 aromatic rings. The molecular weight excluding hydrogens is 466 g/mol. The number of aryl methyl sites for hydroxylation is 1. The van der Waals surface area contributed by atoms with Gasteiger partial charge in [-0.15, -0.1) is 0 Å². The highest BCUT2D eigenvalue weighted by atomic mass is 16.5. The number of carbonyl (C=O) groups is 1. The van der Waals surface area contributed by atoms with E-state index < -0.39 is 0 Å². The average molecular weight is 500 g/mol. The number of rotatable bonds is 8. The van der Waals surface area contributed by atoms with Crippen LogP contribution in [0.25, 0.3) is 27.7 Å². The Morgan fingerprint density at radius 3 is 2.27 bits per heavy atom. The quantitative estimate of drug-likeness (QED) is 0.253. The molecule has 192 valence electrons. The molecule has 6 nitrogen and oxygen atoms in total. The molecule has 0 bridgehead atoms. The van der Waals surface area contributed by atoms with Crippen molar-refractivity contribution in [2.45, 2.75) is 33.6 Å². The van der Waals surface area contributed by atoms with E-state index in [-0.39, 0.29) is 5.91 Å². The number of carbonyl (C=O) groups excluding carboxylic acids is 1. The summed E-state index contributed by atoms with van der Waals surface area (Å²) in [6.07, 6.45) is 3.32. The van der Waals surface area contributed by atoms with Gasteiger partial charge in [0.2, 0.25) is 5.91 Å². The number of hydrogen-bond acceptors (Lipinski definition) is 5. The van der Waals surface area contributed by atoms with Crippen LogP contribution in [0.1, 0.15) is 43.4 Å². The maximum Gasteiger partial charge on any atom is 0.248 e. The third-order valence-electron chi connectivity index (χ3n) is 6.56. The molecule has 0 aliphatic rings. The number of hydrogen-bond donors (Lipinski definition) is 1. The molecule has 4 rings (SSSR count). The smallest absolute Gasteiger partial charge is 0.248 e. The number of fused-ring (bicyclic) bond motifs is 1. The van der Waals surface area contributed by atoms with E-state index in [1.54, 1.807) is 33.7 Å². The van der Waals surface area contributed by atoms with E-state index >= 15 is 0 Å². The number of furan rings is 1. The Balaban J connectivity index is 1.72. The largest absolute Gasteiger partial charge is 0.496 e. The average Bonchev–Trinajstić information content (AvgIpc) is 3.32. The number of benzene rings is 3. The molecule has 1 N–H and O–H groups in total. The number of anilines is 1. The van der Waals surface area contributed by atoms with Crippen LogP contribution in [-0.2, 0) is 4.79 Å². The summed E-state index contributed by atoms with van der Waals surface area (Å²) in [5.74, 6) is 2.19. The summed E-state index contributed by atoms with van der Waals surface area (Å²) in [6, 6.07) is 15.7. The molecule has 37 heavy (non-hydrogen) atoms. The first-order valence-electron chi connectivity index (χ1n) is 12.2. The van der Waals surface area contributed by atoms with Crippen LogP contribution in [0.4, 0.5) is 5.69 Å². The number of ether oxygens (including phenoxy) is 3. The first-order valence-corrected chi connectivity index (χ1v) is 12.2. The first-order chi connectivity index (χ1) is 17.8. The van der Waals surface area contributed by atoms with Gasteiger partial charge in [0.15, 0.2) is 11.5 Å². The predicted octanol–water partition coefficient (Wildman–Crippen LogP) is 7.60. The van der Waals surface area contributed by atoms with E-state index in [2.05, 4.69) is 19.2 Å². The van der Waals surface area contributed by atoms with Crippen LogP contribution in [-0.4, -0.2) is 27.2 Å². The van der Waals surface area contributed by atoms with Crippen LogP contribution in [0.15, 0.2) is 65.3 Å². The summed E-state index contributed by atoms with van der Waals surface area (Å²) in [4.78, 5) is 12.9. The van der Waals surface area contributed by atoms with Crippen molar-refractivity contribution < 1.29 is 23.4 Å². The Morgan fingerprint density at radius 1 is 0.946 bits per heavy atom. The van der Waals surface area contributed by atoms with Crippen molar-refractivity contribution in [3.63, 3.8) is 0 Å². The Kier molecular flexibility index (Phi) is 7.58. The number of amides is 1. The normalized spacial score (nSPS) is 11.6. The topological polar surface area (TPSA) is 69.9 Å². The third-order valence-corrected chi connectivity index (χ3v) is 6.56. The molecule has 0 saturated carbocycles. The standard InChI is InChI=1S/C31H33NO5/c1-18(2)21-8-11-23(12-9-21)32-29(33)14-19(3)24-16-25-26(17-37-31(25)20(4)30(24)36-7)22-10-13-27(34-5)28(15-22)35-6/h8-18H,1-7H3,(H,32,33)/b19-14+. The van der Waals surface area contributed by atoms with Gasteiger partial charge in [-0.25, -0.2) is 0 Å². The van der Waals surface area contributed by atoms with Crippen molar-refractivity contribution >= 4 is 28.1 Å². The Morgan fingerprint density at radius 2 is 1.65 bits per heavy atom. The molecule has 0 radical (unpaired) electrons. The van der Waals surface area contributed by atoms with Gasteiger partial charge in [-0.3, -0.25) is 4.79 Å². The van der Waals surface area contributed by atoms with Gasteiger partial charge in [-0.2, -0.15) is 0 Å². The van der Waals surface area contributed by atoms with Gasteiger partial charge in [0.25, 0.3) is 0 Å². The minimum absolute atomic E-state index is 0.207. The van der Waals surface area contributed by atoms with E-state index in [9.17, 15) is 4.79 Å². The second-order valence-electron chi connectivity index (χ2n) is 9.27. The summed E-state index contributed by atoms with van der Waals surface area (Å²) in [6.45, 7) is 8.14. The lowest BCUT2D eigenvalue weighted by Gasteiger charge is -2.14. The Hall–Kier alpha value is -4.19. The fraction of sp³-hybridized carbons (Fsp3) is 0.258. The van der Waals surface area contributed by atoms with E-state index in [1.165, 1.54) is 5.56 Å². The molecule has 0 aliphatic carbocycles. The highest BCUT2D eigenvalue weighted by Gasteiger charge is 2.19. The van der Waals surface area contributed by atoms with Gasteiger partial charge >= 0.3 is 0 Å². The van der Waals surface area contributed by atoms with Crippen LogP contribution in [0.3, 0.4) is 0 Å². The van der Waals surface area contributed by atoms with Gasteiger partial charge < -0.3 is 23.9 Å². The molecule has 1 amide bonds. The van der Waals surface area contributed by atoms with Gasteiger partial charge in [-0.1, -0.05) is 32.0 Å². The van der Waals surface area contributed by atoms with Crippen LogP contribution in [0, 0.1) is 6.92 Å². The fourth-order valence-electron chi connectivity index (χ4n) is 4.50. The molecule has 0 aliphatic heterocycles. The molecule has 1 heterocycles. The lowest BCUT2D eigenvalue weighted by molar-refractivity contribution is -0.111. The molecule has 3 aromatic carbocycles. The SMILES string of the molecule is COc1ccc(-c2coc3c(C)c(OC)c(/C(C)=C/C(=O)Nc4ccc(C(C)C)cc4)cc23)cc1OC. The zero-order valence-electron chi connectivity index (χ0n) is 22.4. The van der Waals surface area contributed by atoms with Gasteiger partial charge in [0, 0.05) is 33.8 Å². The summed E-state index contributed by atoms with van der Waals surface area (Å²) >= 11 is 0. The lowest BCUT2D eigenvalue weighted by atomic mass is 9.96. The highest BCUT2D eigenvalue weighted by Crippen LogP contribution is 2.42. The maximum atomic E-state index is 12.9. The van der Waals surface area contributed by atoms with E-state index in [4.69, 9.17) is 18.6 Å². The summed E-state index contributed by atoms with van der Waals surface area (Å²) in [5, 5.41) is 3.87. The predicted molar refractivity (Wildman–Crippen MR) is 149 cm³/mol. The minimum Gasteiger partial charge on any atom is -0.496 e. The van der Waals surface area contributed by atoms with Crippen LogP contribution >= 0.6 is 0 Å². The molecule has 0 unspecified atom stereocenters. The summed E-state index contributed by atoms with van der Waals surface area (Å²) in [7, 11) is 4.85. The van der Waals surface area contributed by atoms with Gasteiger partial charge in [0.1, 0.15) is 11.3 Å². The molecule has 1 aromatic heterocycles. The van der Waals surface area contributed by atoms with Crippen LogP contribution < -0.4 is 19.5 Å². The molecule has 0 atom stereocenters. The second kappa shape index (κ2) is 10.8. The van der Waals surface area contributed by atoms with Crippen molar-refractivity contribution in [3.05, 3.63) is 77.6 Å². The van der Waals surface area contributed by atoms with Crippen LogP contribution in [0.5, 0.6) is 17.2 Å².